The van der Waals surface area contributed by atoms with Crippen molar-refractivity contribution in [2.45, 2.75) is 0 Å². The van der Waals surface area contributed by atoms with Crippen molar-refractivity contribution in [3.63, 3.8) is 0 Å². The molecule has 268 valence electrons. The van der Waals surface area contributed by atoms with E-state index in [2.05, 4.69) is 115 Å². The zero-order chi connectivity index (χ0) is 41.5. The quantitative estimate of drug-likeness (QED) is 0.151. The molecule has 0 fully saturated rings. The lowest BCUT2D eigenvalue weighted by atomic mass is 9.90. The van der Waals surface area contributed by atoms with Gasteiger partial charge in [-0.3, -0.25) is 0 Å². The summed E-state index contributed by atoms with van der Waals surface area (Å²) in [6.45, 7) is 0. The van der Waals surface area contributed by atoms with Crippen molar-refractivity contribution in [3.8, 4) is 55.6 Å². The molecule has 1 nitrogen and oxygen atoms in total. The lowest BCUT2D eigenvalue weighted by molar-refractivity contribution is 1.28. The van der Waals surface area contributed by atoms with Crippen LogP contribution in [0.1, 0.15) is 5.48 Å². The van der Waals surface area contributed by atoms with Crippen LogP contribution in [-0.2, 0) is 0 Å². The average molecular weight is 730 g/mol. The van der Waals surface area contributed by atoms with Crippen LogP contribution in [0.25, 0.3) is 77.2 Å². The molecule has 0 bridgehead atoms. The van der Waals surface area contributed by atoms with Gasteiger partial charge in [-0.1, -0.05) is 194 Å². The monoisotopic (exact) mass is 729 g/mol. The Morgan fingerprint density at radius 2 is 0.737 bits per heavy atom. The summed E-state index contributed by atoms with van der Waals surface area (Å²) in [5, 5.41) is 4.66. The first kappa shape index (κ1) is 29.8. The molecule has 0 aliphatic carbocycles. The van der Waals surface area contributed by atoms with Crippen LogP contribution >= 0.6 is 0 Å². The van der Waals surface area contributed by atoms with Crippen LogP contribution in [0.4, 0.5) is 17.1 Å². The van der Waals surface area contributed by atoms with Crippen molar-refractivity contribution < 1.29 is 5.48 Å². The van der Waals surface area contributed by atoms with Crippen LogP contribution in [0.3, 0.4) is 0 Å². The van der Waals surface area contributed by atoms with Crippen molar-refractivity contribution in [1.29, 1.82) is 0 Å². The van der Waals surface area contributed by atoms with Crippen LogP contribution in [0.2, 0.25) is 0 Å². The normalized spacial score (nSPS) is 12.1. The molecule has 0 saturated carbocycles. The number of anilines is 3. The van der Waals surface area contributed by atoms with E-state index in [1.54, 1.807) is 0 Å². The van der Waals surface area contributed by atoms with Crippen LogP contribution in [-0.4, -0.2) is 0 Å². The molecule has 10 aromatic carbocycles. The van der Waals surface area contributed by atoms with Crippen molar-refractivity contribution in [1.82, 2.24) is 0 Å². The molecule has 10 rings (SSSR count). The minimum absolute atomic E-state index is 0.0966. The van der Waals surface area contributed by atoms with Gasteiger partial charge in [-0.25, -0.2) is 0 Å². The largest absolute Gasteiger partial charge is 0.311 e. The summed E-state index contributed by atoms with van der Waals surface area (Å²) in [5.41, 5.74) is 11.1. The minimum Gasteiger partial charge on any atom is -0.311 e. The van der Waals surface area contributed by atoms with Crippen LogP contribution in [0.15, 0.2) is 236 Å². The Bertz CT molecular complexity index is 3170. The predicted molar refractivity (Wildman–Crippen MR) is 243 cm³/mol. The third-order valence-corrected chi connectivity index (χ3v) is 10.8. The number of benzene rings is 10. The highest BCUT2D eigenvalue weighted by molar-refractivity contribution is 6.04. The van der Waals surface area contributed by atoms with E-state index in [-0.39, 0.29) is 35.4 Å². The van der Waals surface area contributed by atoms with Crippen LogP contribution in [0, 0.1) is 0 Å². The maximum absolute atomic E-state index is 9.53. The molecule has 0 saturated heterocycles. The van der Waals surface area contributed by atoms with Gasteiger partial charge in [-0.15, -0.1) is 0 Å². The van der Waals surface area contributed by atoms with Gasteiger partial charge in [0.1, 0.15) is 0 Å². The molecular formula is C56H39N. The van der Waals surface area contributed by atoms with Gasteiger partial charge in [-0.2, -0.15) is 0 Å². The van der Waals surface area contributed by atoms with Gasteiger partial charge in [0.25, 0.3) is 0 Å². The molecule has 0 atom stereocenters. The Morgan fingerprint density at radius 3 is 1.40 bits per heavy atom. The summed E-state index contributed by atoms with van der Waals surface area (Å²) in [5.74, 6) is 0. The molecule has 57 heavy (non-hydrogen) atoms. The topological polar surface area (TPSA) is 3.24 Å². The molecule has 0 heterocycles. The van der Waals surface area contributed by atoms with Crippen LogP contribution < -0.4 is 4.90 Å². The molecule has 0 N–H and O–H groups in total. The van der Waals surface area contributed by atoms with Crippen molar-refractivity contribution >= 4 is 38.6 Å². The Labute approximate surface area is 340 Å². The van der Waals surface area contributed by atoms with Gasteiger partial charge in [0.05, 0.1) is 5.48 Å². The van der Waals surface area contributed by atoms with Crippen molar-refractivity contribution in [2.75, 3.05) is 4.90 Å². The average Bonchev–Trinajstić information content (AvgIpc) is 3.33. The van der Waals surface area contributed by atoms with Crippen LogP contribution in [0.5, 0.6) is 0 Å². The number of fused-ring (bicyclic) bond motifs is 2. The number of hydrogen-bond donors (Lipinski definition) is 0. The Balaban J connectivity index is 1.08. The Morgan fingerprint density at radius 1 is 0.281 bits per heavy atom. The van der Waals surface area contributed by atoms with E-state index < -0.39 is 0 Å². The standard InChI is InChI=1S/C56H39N/c1-3-11-40(12-4-1)43-25-32-51(33-26-43)57(52-34-27-44(28-35-52)42-19-21-45(22-20-42)50-24-23-41-13-7-8-17-49(41)39-50)53-36-29-47(30-37-53)55-38-31-46-14-9-10-18-54(46)56(55)48-15-5-2-6-16-48/h1-39H/i27D,28D,34D,35D. The summed E-state index contributed by atoms with van der Waals surface area (Å²) in [6.07, 6.45) is 0. The third kappa shape index (κ3) is 6.77. The smallest absolute Gasteiger partial charge is 0.0645 e. The lowest BCUT2D eigenvalue weighted by Crippen LogP contribution is -2.09. The highest BCUT2D eigenvalue weighted by Crippen LogP contribution is 2.41. The minimum atomic E-state index is -0.119. The van der Waals surface area contributed by atoms with Gasteiger partial charge in [-0.05, 0) is 120 Å². The summed E-state index contributed by atoms with van der Waals surface area (Å²) in [4.78, 5) is 1.85. The Kier molecular flexibility index (Phi) is 7.84. The molecule has 0 radical (unpaired) electrons. The van der Waals surface area contributed by atoms with E-state index in [0.717, 1.165) is 55.6 Å². The zero-order valence-corrected chi connectivity index (χ0v) is 31.2. The van der Waals surface area contributed by atoms with E-state index in [9.17, 15) is 5.48 Å². The number of rotatable bonds is 8. The first-order valence-corrected chi connectivity index (χ1v) is 19.3. The molecule has 0 aliphatic heterocycles. The fourth-order valence-electron chi connectivity index (χ4n) is 7.82. The second-order valence-electron chi connectivity index (χ2n) is 14.2. The van der Waals surface area contributed by atoms with Gasteiger partial charge < -0.3 is 4.90 Å². The molecule has 1 heteroatoms. The molecule has 0 aromatic heterocycles. The highest BCUT2D eigenvalue weighted by atomic mass is 15.1. The maximum atomic E-state index is 9.53. The first-order chi connectivity index (χ1) is 29.9. The second kappa shape index (κ2) is 15.0. The first-order valence-electron chi connectivity index (χ1n) is 21.3. The molecule has 10 aromatic rings. The molecule has 0 spiro atoms. The summed E-state index contributed by atoms with van der Waals surface area (Å²) in [6, 6.07) is 71.6. The van der Waals surface area contributed by atoms with Crippen molar-refractivity contribution in [2.24, 2.45) is 0 Å². The van der Waals surface area contributed by atoms with Gasteiger partial charge in [0.2, 0.25) is 0 Å². The van der Waals surface area contributed by atoms with Gasteiger partial charge in [0.15, 0.2) is 0 Å². The predicted octanol–water partition coefficient (Wildman–Crippen LogP) is 15.8. The number of nitrogens with zero attached hydrogens (tertiary/aromatic N) is 1. The SMILES string of the molecule is [2H]c1c([2H])c(N(c2ccc(-c3ccccc3)cc2)c2ccc(-c3ccc4ccccc4c3-c3ccccc3)cc2)c([2H])c([2H])c1-c1ccc(-c2ccc3ccccc3c2)cc1. The van der Waals surface area contributed by atoms with E-state index in [0.29, 0.717) is 11.3 Å². The highest BCUT2D eigenvalue weighted by Gasteiger charge is 2.16. The fraction of sp³-hybridized carbons (Fsp3) is 0. The number of hydrogen-bond acceptors (Lipinski definition) is 1. The second-order valence-corrected chi connectivity index (χ2v) is 14.2. The lowest BCUT2D eigenvalue weighted by Gasteiger charge is -2.26. The molecular weight excluding hydrogens is 687 g/mol. The van der Waals surface area contributed by atoms with E-state index in [4.69, 9.17) is 0 Å². The molecule has 0 unspecified atom stereocenters. The van der Waals surface area contributed by atoms with E-state index in [1.165, 1.54) is 16.2 Å². The summed E-state index contributed by atoms with van der Waals surface area (Å²) < 4.78 is 37.8. The summed E-state index contributed by atoms with van der Waals surface area (Å²) >= 11 is 0. The zero-order valence-electron chi connectivity index (χ0n) is 35.2. The van der Waals surface area contributed by atoms with E-state index in [1.807, 2.05) is 102 Å². The van der Waals surface area contributed by atoms with E-state index >= 15 is 0 Å². The maximum Gasteiger partial charge on any atom is 0.0645 e. The molecule has 0 aliphatic rings. The fourth-order valence-corrected chi connectivity index (χ4v) is 7.82. The summed E-state index contributed by atoms with van der Waals surface area (Å²) in [7, 11) is 0. The third-order valence-electron chi connectivity index (χ3n) is 10.8. The molecule has 0 amide bonds. The Hall–Kier alpha value is -7.48. The van der Waals surface area contributed by atoms with Crippen molar-refractivity contribution in [3.05, 3.63) is 236 Å². The van der Waals surface area contributed by atoms with Gasteiger partial charge in [0, 0.05) is 17.1 Å². The van der Waals surface area contributed by atoms with Gasteiger partial charge >= 0.3 is 0 Å².